The molecule has 2 aromatic rings. The molecule has 0 fully saturated rings. The van der Waals surface area contributed by atoms with Crippen LogP contribution in [0.4, 0.5) is 0 Å². The van der Waals surface area contributed by atoms with Crippen molar-refractivity contribution in [2.45, 2.75) is 40.2 Å². The lowest BCUT2D eigenvalue weighted by Crippen LogP contribution is -2.29. The van der Waals surface area contributed by atoms with E-state index in [0.717, 1.165) is 16.9 Å². The Hall–Kier alpha value is -1.61. The summed E-state index contributed by atoms with van der Waals surface area (Å²) in [5.41, 5.74) is 11.6. The van der Waals surface area contributed by atoms with E-state index >= 15 is 0 Å². The first-order chi connectivity index (χ1) is 8.30. The topological polar surface area (TPSA) is 43.8 Å². The number of aromatic nitrogens is 2. The number of hydrogen-bond donors (Lipinski definition) is 1. The quantitative estimate of drug-likeness (QED) is 0.881. The SMILES string of the molecule is Cc1ccc(C)c(-n2ncc(C(C)(C)N)c2C)c1. The van der Waals surface area contributed by atoms with E-state index in [0.29, 0.717) is 0 Å². The van der Waals surface area contributed by atoms with Gasteiger partial charge in [0.15, 0.2) is 0 Å². The second kappa shape index (κ2) is 4.25. The maximum Gasteiger partial charge on any atom is 0.0680 e. The molecule has 0 aliphatic rings. The number of nitrogens with two attached hydrogens (primary N) is 1. The molecule has 0 radical (unpaired) electrons. The van der Waals surface area contributed by atoms with Gasteiger partial charge in [-0.25, -0.2) is 4.68 Å². The van der Waals surface area contributed by atoms with Crippen LogP contribution in [0.25, 0.3) is 5.69 Å². The summed E-state index contributed by atoms with van der Waals surface area (Å²) in [4.78, 5) is 0. The van der Waals surface area contributed by atoms with Gasteiger partial charge in [0.1, 0.15) is 0 Å². The summed E-state index contributed by atoms with van der Waals surface area (Å²) in [7, 11) is 0. The van der Waals surface area contributed by atoms with Gasteiger partial charge in [0.05, 0.1) is 11.9 Å². The predicted octanol–water partition coefficient (Wildman–Crippen LogP) is 2.99. The third-order valence-corrected chi connectivity index (χ3v) is 3.30. The van der Waals surface area contributed by atoms with Crippen molar-refractivity contribution in [2.24, 2.45) is 5.73 Å². The molecule has 0 saturated carbocycles. The first-order valence-corrected chi connectivity index (χ1v) is 6.22. The number of rotatable bonds is 2. The highest BCUT2D eigenvalue weighted by molar-refractivity contribution is 5.44. The molecule has 0 aliphatic carbocycles. The fraction of sp³-hybridized carbons (Fsp3) is 0.400. The van der Waals surface area contributed by atoms with Crippen LogP contribution in [0.2, 0.25) is 0 Å². The lowest BCUT2D eigenvalue weighted by molar-refractivity contribution is 0.550. The largest absolute Gasteiger partial charge is 0.322 e. The monoisotopic (exact) mass is 243 g/mol. The molecule has 0 spiro atoms. The Bertz CT molecular complexity index is 574. The Balaban J connectivity index is 2.59. The summed E-state index contributed by atoms with van der Waals surface area (Å²) in [5.74, 6) is 0. The van der Waals surface area contributed by atoms with Crippen molar-refractivity contribution >= 4 is 0 Å². The van der Waals surface area contributed by atoms with Crippen molar-refractivity contribution in [1.82, 2.24) is 9.78 Å². The van der Waals surface area contributed by atoms with Crippen molar-refractivity contribution in [3.05, 3.63) is 46.8 Å². The summed E-state index contributed by atoms with van der Waals surface area (Å²) in [6, 6.07) is 6.40. The average molecular weight is 243 g/mol. The van der Waals surface area contributed by atoms with Gasteiger partial charge in [0, 0.05) is 16.8 Å². The molecule has 18 heavy (non-hydrogen) atoms. The smallest absolute Gasteiger partial charge is 0.0680 e. The first kappa shape index (κ1) is 12.8. The molecular weight excluding hydrogens is 222 g/mol. The van der Waals surface area contributed by atoms with Crippen molar-refractivity contribution in [2.75, 3.05) is 0 Å². The fourth-order valence-electron chi connectivity index (χ4n) is 2.23. The minimum absolute atomic E-state index is 0.361. The Morgan fingerprint density at radius 1 is 1.17 bits per heavy atom. The van der Waals surface area contributed by atoms with Crippen molar-refractivity contribution in [1.29, 1.82) is 0 Å². The zero-order valence-electron chi connectivity index (χ0n) is 11.8. The lowest BCUT2D eigenvalue weighted by Gasteiger charge is -2.18. The van der Waals surface area contributed by atoms with E-state index in [9.17, 15) is 0 Å². The van der Waals surface area contributed by atoms with Crippen LogP contribution in [-0.4, -0.2) is 9.78 Å². The molecule has 96 valence electrons. The van der Waals surface area contributed by atoms with Gasteiger partial charge in [-0.05, 0) is 51.8 Å². The lowest BCUT2D eigenvalue weighted by atomic mass is 9.96. The number of hydrogen-bond acceptors (Lipinski definition) is 2. The summed E-state index contributed by atoms with van der Waals surface area (Å²) in [5, 5.41) is 4.49. The highest BCUT2D eigenvalue weighted by Gasteiger charge is 2.21. The van der Waals surface area contributed by atoms with Crippen LogP contribution >= 0.6 is 0 Å². The number of aryl methyl sites for hydroxylation is 2. The Morgan fingerprint density at radius 3 is 2.39 bits per heavy atom. The highest BCUT2D eigenvalue weighted by atomic mass is 15.3. The molecule has 0 atom stereocenters. The molecule has 1 heterocycles. The van der Waals surface area contributed by atoms with E-state index in [4.69, 9.17) is 5.73 Å². The molecule has 2 N–H and O–H groups in total. The van der Waals surface area contributed by atoms with Crippen LogP contribution in [0.15, 0.2) is 24.4 Å². The van der Waals surface area contributed by atoms with Gasteiger partial charge >= 0.3 is 0 Å². The van der Waals surface area contributed by atoms with Crippen molar-refractivity contribution < 1.29 is 0 Å². The summed E-state index contributed by atoms with van der Waals surface area (Å²) in [6.07, 6.45) is 1.87. The predicted molar refractivity (Wildman–Crippen MR) is 75.0 cm³/mol. The second-order valence-corrected chi connectivity index (χ2v) is 5.57. The van der Waals surface area contributed by atoms with Gasteiger partial charge in [-0.15, -0.1) is 0 Å². The zero-order valence-corrected chi connectivity index (χ0v) is 11.8. The summed E-state index contributed by atoms with van der Waals surface area (Å²) in [6.45, 7) is 10.3. The van der Waals surface area contributed by atoms with Crippen LogP contribution in [0.3, 0.4) is 0 Å². The molecular formula is C15H21N3. The van der Waals surface area contributed by atoms with Gasteiger partial charge in [-0.3, -0.25) is 0 Å². The standard InChI is InChI=1S/C15H21N3/c1-10-6-7-11(2)14(8-10)18-12(3)13(9-17-18)15(4,5)16/h6-9H,16H2,1-5H3. The van der Waals surface area contributed by atoms with Gasteiger partial charge in [0.25, 0.3) is 0 Å². The molecule has 0 saturated heterocycles. The molecule has 3 nitrogen and oxygen atoms in total. The molecule has 3 heteroatoms. The van der Waals surface area contributed by atoms with Crippen molar-refractivity contribution in [3.63, 3.8) is 0 Å². The molecule has 0 unspecified atom stereocenters. The van der Waals surface area contributed by atoms with Crippen LogP contribution in [0.1, 0.15) is 36.2 Å². The normalized spacial score (nSPS) is 11.9. The highest BCUT2D eigenvalue weighted by Crippen LogP contribution is 2.24. The van der Waals surface area contributed by atoms with E-state index in [1.807, 2.05) is 24.7 Å². The minimum Gasteiger partial charge on any atom is -0.322 e. The third kappa shape index (κ3) is 2.18. The Labute approximate surface area is 109 Å². The second-order valence-electron chi connectivity index (χ2n) is 5.57. The van der Waals surface area contributed by atoms with E-state index in [1.54, 1.807) is 0 Å². The minimum atomic E-state index is -0.361. The molecule has 1 aromatic carbocycles. The molecule has 0 aliphatic heterocycles. The summed E-state index contributed by atoms with van der Waals surface area (Å²) >= 11 is 0. The number of benzene rings is 1. The number of nitrogens with zero attached hydrogens (tertiary/aromatic N) is 2. The van der Waals surface area contributed by atoms with Crippen LogP contribution in [0.5, 0.6) is 0 Å². The van der Waals surface area contributed by atoms with Gasteiger partial charge in [-0.1, -0.05) is 12.1 Å². The molecule has 1 aromatic heterocycles. The molecule has 0 amide bonds. The molecule has 0 bridgehead atoms. The van der Waals surface area contributed by atoms with Gasteiger partial charge in [0.2, 0.25) is 0 Å². The Kier molecular flexibility index (Phi) is 3.03. The summed E-state index contributed by atoms with van der Waals surface area (Å²) < 4.78 is 1.98. The van der Waals surface area contributed by atoms with E-state index in [2.05, 4.69) is 44.1 Å². The van der Waals surface area contributed by atoms with Gasteiger partial charge in [-0.2, -0.15) is 5.10 Å². The van der Waals surface area contributed by atoms with E-state index in [1.165, 1.54) is 11.1 Å². The fourth-order valence-corrected chi connectivity index (χ4v) is 2.23. The van der Waals surface area contributed by atoms with Crippen LogP contribution < -0.4 is 5.73 Å². The van der Waals surface area contributed by atoms with Gasteiger partial charge < -0.3 is 5.73 Å². The third-order valence-electron chi connectivity index (χ3n) is 3.30. The van der Waals surface area contributed by atoms with Crippen LogP contribution in [-0.2, 0) is 5.54 Å². The van der Waals surface area contributed by atoms with Crippen LogP contribution in [0, 0.1) is 20.8 Å². The zero-order chi connectivity index (χ0) is 13.5. The Morgan fingerprint density at radius 2 is 1.83 bits per heavy atom. The maximum atomic E-state index is 6.16. The molecule has 2 rings (SSSR count). The average Bonchev–Trinajstić information content (AvgIpc) is 2.63. The maximum absolute atomic E-state index is 6.16. The van der Waals surface area contributed by atoms with Crippen molar-refractivity contribution in [3.8, 4) is 5.69 Å². The van der Waals surface area contributed by atoms with E-state index in [-0.39, 0.29) is 5.54 Å². The first-order valence-electron chi connectivity index (χ1n) is 6.22. The van der Waals surface area contributed by atoms with E-state index < -0.39 is 0 Å².